The van der Waals surface area contributed by atoms with Crippen molar-refractivity contribution in [1.29, 1.82) is 10.5 Å². The first-order valence-corrected chi connectivity index (χ1v) is 6.73. The summed E-state index contributed by atoms with van der Waals surface area (Å²) >= 11 is 0. The van der Waals surface area contributed by atoms with Crippen LogP contribution in [0, 0.1) is 28.6 Å². The molecule has 0 saturated carbocycles. The van der Waals surface area contributed by atoms with Gasteiger partial charge in [0, 0.05) is 19.0 Å². The average molecular weight is 249 g/mol. The van der Waals surface area contributed by atoms with E-state index in [4.69, 9.17) is 10.5 Å². The fourth-order valence-corrected chi connectivity index (χ4v) is 2.05. The SMILES string of the molecule is CCCC(CCC)C(=O)N(CCC#N)CCC#N. The molecular formula is C14H23N3O. The number of rotatable bonds is 9. The summed E-state index contributed by atoms with van der Waals surface area (Å²) in [5.74, 6) is 0.168. The van der Waals surface area contributed by atoms with Crippen LogP contribution in [0.15, 0.2) is 0 Å². The van der Waals surface area contributed by atoms with Crippen LogP contribution in [-0.4, -0.2) is 23.9 Å². The molecule has 0 rings (SSSR count). The molecule has 0 aliphatic rings. The summed E-state index contributed by atoms with van der Waals surface area (Å²) in [4.78, 5) is 14.0. The lowest BCUT2D eigenvalue weighted by Crippen LogP contribution is -2.37. The summed E-state index contributed by atoms with van der Waals surface area (Å²) in [6, 6.07) is 4.11. The van der Waals surface area contributed by atoms with Gasteiger partial charge in [0.15, 0.2) is 0 Å². The summed E-state index contributed by atoms with van der Waals surface area (Å²) in [5, 5.41) is 17.2. The molecule has 1 amide bonds. The Bertz CT molecular complexity index is 290. The number of carbonyl (C=O) groups excluding carboxylic acids is 1. The molecule has 0 N–H and O–H groups in total. The van der Waals surface area contributed by atoms with E-state index in [0.29, 0.717) is 25.9 Å². The lowest BCUT2D eigenvalue weighted by molar-refractivity contribution is -0.136. The maximum atomic E-state index is 12.3. The first kappa shape index (κ1) is 16.4. The zero-order valence-electron chi connectivity index (χ0n) is 11.5. The highest BCUT2D eigenvalue weighted by molar-refractivity contribution is 5.78. The first-order chi connectivity index (χ1) is 8.71. The van der Waals surface area contributed by atoms with E-state index < -0.39 is 0 Å². The van der Waals surface area contributed by atoms with Crippen molar-refractivity contribution in [2.45, 2.75) is 52.4 Å². The van der Waals surface area contributed by atoms with Gasteiger partial charge in [-0.2, -0.15) is 10.5 Å². The highest BCUT2D eigenvalue weighted by Gasteiger charge is 2.22. The quantitative estimate of drug-likeness (QED) is 0.631. The van der Waals surface area contributed by atoms with Crippen molar-refractivity contribution in [3.05, 3.63) is 0 Å². The van der Waals surface area contributed by atoms with Gasteiger partial charge >= 0.3 is 0 Å². The summed E-state index contributed by atoms with van der Waals surface area (Å²) in [6.07, 6.45) is 4.43. The van der Waals surface area contributed by atoms with Crippen molar-refractivity contribution in [2.75, 3.05) is 13.1 Å². The fraction of sp³-hybridized carbons (Fsp3) is 0.786. The second-order valence-electron chi connectivity index (χ2n) is 4.42. The summed E-state index contributed by atoms with van der Waals surface area (Å²) in [6.45, 7) is 5.04. The van der Waals surface area contributed by atoms with Crippen LogP contribution in [-0.2, 0) is 4.79 Å². The zero-order valence-corrected chi connectivity index (χ0v) is 11.5. The molecule has 0 aromatic heterocycles. The Morgan fingerprint density at radius 2 is 1.50 bits per heavy atom. The van der Waals surface area contributed by atoms with Gasteiger partial charge in [0.2, 0.25) is 5.91 Å². The van der Waals surface area contributed by atoms with Crippen molar-refractivity contribution in [2.24, 2.45) is 5.92 Å². The average Bonchev–Trinajstić information content (AvgIpc) is 2.38. The Morgan fingerprint density at radius 3 is 1.83 bits per heavy atom. The van der Waals surface area contributed by atoms with Crippen molar-refractivity contribution in [1.82, 2.24) is 4.90 Å². The van der Waals surface area contributed by atoms with Crippen molar-refractivity contribution in [3.8, 4) is 12.1 Å². The molecule has 0 fully saturated rings. The molecule has 0 bridgehead atoms. The first-order valence-electron chi connectivity index (χ1n) is 6.73. The number of hydrogen-bond acceptors (Lipinski definition) is 3. The smallest absolute Gasteiger partial charge is 0.225 e. The Balaban J connectivity index is 4.57. The van der Waals surface area contributed by atoms with Crippen LogP contribution in [0.4, 0.5) is 0 Å². The normalized spacial score (nSPS) is 9.83. The van der Waals surface area contributed by atoms with Gasteiger partial charge in [-0.25, -0.2) is 0 Å². The Kier molecular flexibility index (Phi) is 9.68. The second kappa shape index (κ2) is 10.6. The molecule has 0 radical (unpaired) electrons. The molecule has 0 saturated heterocycles. The van der Waals surface area contributed by atoms with Crippen LogP contribution < -0.4 is 0 Å². The summed E-state index contributed by atoms with van der Waals surface area (Å²) in [5.41, 5.74) is 0. The van der Waals surface area contributed by atoms with E-state index in [9.17, 15) is 4.79 Å². The third-order valence-corrected chi connectivity index (χ3v) is 2.92. The molecule has 0 aromatic rings. The van der Waals surface area contributed by atoms with Crippen LogP contribution in [0.3, 0.4) is 0 Å². The van der Waals surface area contributed by atoms with E-state index >= 15 is 0 Å². The number of nitriles is 2. The van der Waals surface area contributed by atoms with Crippen molar-refractivity contribution >= 4 is 5.91 Å². The fourth-order valence-electron chi connectivity index (χ4n) is 2.05. The second-order valence-corrected chi connectivity index (χ2v) is 4.42. The Labute approximate surface area is 110 Å². The topological polar surface area (TPSA) is 67.9 Å². The van der Waals surface area contributed by atoms with Crippen LogP contribution in [0.5, 0.6) is 0 Å². The summed E-state index contributed by atoms with van der Waals surface area (Å²) < 4.78 is 0. The van der Waals surface area contributed by atoms with E-state index in [1.54, 1.807) is 4.90 Å². The van der Waals surface area contributed by atoms with Gasteiger partial charge in [0.1, 0.15) is 0 Å². The van der Waals surface area contributed by atoms with E-state index in [0.717, 1.165) is 25.7 Å². The van der Waals surface area contributed by atoms with Gasteiger partial charge in [-0.1, -0.05) is 26.7 Å². The lowest BCUT2D eigenvalue weighted by Gasteiger charge is -2.25. The Hall–Kier alpha value is -1.55. The van der Waals surface area contributed by atoms with Gasteiger partial charge in [0.05, 0.1) is 25.0 Å². The molecule has 0 unspecified atom stereocenters. The van der Waals surface area contributed by atoms with E-state index in [-0.39, 0.29) is 11.8 Å². The monoisotopic (exact) mass is 249 g/mol. The molecular weight excluding hydrogens is 226 g/mol. The van der Waals surface area contributed by atoms with E-state index in [2.05, 4.69) is 26.0 Å². The van der Waals surface area contributed by atoms with E-state index in [1.165, 1.54) is 0 Å². The van der Waals surface area contributed by atoms with Crippen LogP contribution in [0.25, 0.3) is 0 Å². The highest BCUT2D eigenvalue weighted by atomic mass is 16.2. The maximum Gasteiger partial charge on any atom is 0.225 e. The van der Waals surface area contributed by atoms with Gasteiger partial charge in [-0.15, -0.1) is 0 Å². The Morgan fingerprint density at radius 1 is 1.06 bits per heavy atom. The largest absolute Gasteiger partial charge is 0.340 e. The number of amides is 1. The maximum absolute atomic E-state index is 12.3. The van der Waals surface area contributed by atoms with Crippen molar-refractivity contribution < 1.29 is 4.79 Å². The molecule has 0 aliphatic carbocycles. The third-order valence-electron chi connectivity index (χ3n) is 2.92. The lowest BCUT2D eigenvalue weighted by atomic mass is 9.96. The molecule has 4 heteroatoms. The predicted molar refractivity (Wildman–Crippen MR) is 70.3 cm³/mol. The van der Waals surface area contributed by atoms with Crippen molar-refractivity contribution in [3.63, 3.8) is 0 Å². The zero-order chi connectivity index (χ0) is 13.8. The molecule has 18 heavy (non-hydrogen) atoms. The number of hydrogen-bond donors (Lipinski definition) is 0. The minimum absolute atomic E-state index is 0.0531. The molecule has 0 aliphatic heterocycles. The van der Waals surface area contributed by atoms with Crippen LogP contribution in [0.1, 0.15) is 52.4 Å². The minimum atomic E-state index is 0.0531. The molecule has 0 heterocycles. The molecule has 4 nitrogen and oxygen atoms in total. The number of carbonyl (C=O) groups is 1. The molecule has 0 spiro atoms. The standard InChI is InChI=1S/C14H23N3O/c1-3-7-13(8-4-2)14(18)17(11-5-9-15)12-6-10-16/h13H,3-8,11-12H2,1-2H3. The molecule has 0 atom stereocenters. The van der Waals surface area contributed by atoms with E-state index in [1.807, 2.05) is 0 Å². The van der Waals surface area contributed by atoms with Crippen LogP contribution >= 0.6 is 0 Å². The van der Waals surface area contributed by atoms with Crippen LogP contribution in [0.2, 0.25) is 0 Å². The van der Waals surface area contributed by atoms with Gasteiger partial charge in [-0.3, -0.25) is 4.79 Å². The van der Waals surface area contributed by atoms with Gasteiger partial charge in [-0.05, 0) is 12.8 Å². The number of nitrogens with zero attached hydrogens (tertiary/aromatic N) is 3. The van der Waals surface area contributed by atoms with Gasteiger partial charge in [0.25, 0.3) is 0 Å². The summed E-state index contributed by atoms with van der Waals surface area (Å²) in [7, 11) is 0. The molecule has 0 aromatic carbocycles. The minimum Gasteiger partial charge on any atom is -0.340 e. The highest BCUT2D eigenvalue weighted by Crippen LogP contribution is 2.17. The predicted octanol–water partition coefficient (Wildman–Crippen LogP) is 2.86. The van der Waals surface area contributed by atoms with Gasteiger partial charge < -0.3 is 4.90 Å². The molecule has 100 valence electrons. The third kappa shape index (κ3) is 6.25.